The lowest BCUT2D eigenvalue weighted by atomic mass is 10.2. The Hall–Kier alpha value is -2.25. The molecule has 1 aliphatic heterocycles. The largest absolute Gasteiger partial charge is 0.311 e. The fourth-order valence-corrected chi connectivity index (χ4v) is 3.66. The Labute approximate surface area is 146 Å². The lowest BCUT2D eigenvalue weighted by molar-refractivity contribution is -0.118. The number of amides is 1. The lowest BCUT2D eigenvalue weighted by Gasteiger charge is -2.24. The van der Waals surface area contributed by atoms with E-state index in [9.17, 15) is 17.6 Å². The van der Waals surface area contributed by atoms with Crippen molar-refractivity contribution < 1.29 is 17.6 Å². The second-order valence-corrected chi connectivity index (χ2v) is 8.03. The van der Waals surface area contributed by atoms with E-state index in [0.717, 1.165) is 28.2 Å². The number of hydrogen-bond acceptors (Lipinski definition) is 3. The number of fused-ring (bicyclic) bond motifs is 1. The number of benzene rings is 2. The van der Waals surface area contributed by atoms with Crippen molar-refractivity contribution in [2.24, 2.45) is 0 Å². The van der Waals surface area contributed by atoms with Crippen LogP contribution in [0.4, 0.5) is 10.1 Å². The molecule has 5 nitrogen and oxygen atoms in total. The molecule has 2 aromatic carbocycles. The number of nitrogens with zero attached hydrogens (tertiary/aromatic N) is 2. The van der Waals surface area contributed by atoms with E-state index in [1.165, 1.54) is 18.2 Å². The number of para-hydroxylation sites is 1. The minimum Gasteiger partial charge on any atom is -0.311 e. The monoisotopic (exact) mass is 362 g/mol. The molecule has 2 aromatic rings. The van der Waals surface area contributed by atoms with Crippen LogP contribution in [0.1, 0.15) is 11.1 Å². The van der Waals surface area contributed by atoms with Crippen LogP contribution in [0.2, 0.25) is 0 Å². The maximum atomic E-state index is 13.9. The molecule has 0 spiro atoms. The molecule has 0 N–H and O–H groups in total. The number of rotatable bonds is 5. The number of hydrogen-bond donors (Lipinski definition) is 0. The van der Waals surface area contributed by atoms with Crippen LogP contribution in [0.15, 0.2) is 48.5 Å². The first-order valence-corrected chi connectivity index (χ1v) is 9.78. The van der Waals surface area contributed by atoms with Gasteiger partial charge < -0.3 is 4.90 Å². The molecule has 0 atom stereocenters. The summed E-state index contributed by atoms with van der Waals surface area (Å²) in [6.45, 7) is 0.0315. The Morgan fingerprint density at radius 3 is 2.56 bits per heavy atom. The predicted octanol–water partition coefficient (Wildman–Crippen LogP) is 2.18. The molecule has 0 radical (unpaired) electrons. The minimum atomic E-state index is -3.66. The van der Waals surface area contributed by atoms with Gasteiger partial charge in [-0.05, 0) is 24.1 Å². The SMILES string of the molecule is CS(=O)(=O)N(CC(=O)N1CCc2ccccc21)Cc1ccccc1F. The van der Waals surface area contributed by atoms with Crippen molar-refractivity contribution in [2.45, 2.75) is 13.0 Å². The zero-order valence-corrected chi connectivity index (χ0v) is 14.7. The quantitative estimate of drug-likeness (QED) is 0.819. The molecule has 0 aliphatic carbocycles. The van der Waals surface area contributed by atoms with Crippen molar-refractivity contribution in [1.82, 2.24) is 4.31 Å². The Morgan fingerprint density at radius 2 is 1.84 bits per heavy atom. The molecule has 0 saturated heterocycles. The fourth-order valence-electron chi connectivity index (χ4n) is 2.94. The molecule has 1 amide bonds. The first-order valence-electron chi connectivity index (χ1n) is 7.93. The van der Waals surface area contributed by atoms with Gasteiger partial charge in [0.05, 0.1) is 12.8 Å². The summed E-state index contributed by atoms with van der Waals surface area (Å²) in [4.78, 5) is 14.3. The maximum Gasteiger partial charge on any atom is 0.242 e. The molecule has 0 fully saturated rings. The minimum absolute atomic E-state index is 0.174. The molecular weight excluding hydrogens is 343 g/mol. The van der Waals surface area contributed by atoms with E-state index in [4.69, 9.17) is 0 Å². The van der Waals surface area contributed by atoms with Gasteiger partial charge in [0.2, 0.25) is 15.9 Å². The van der Waals surface area contributed by atoms with Gasteiger partial charge in [0.1, 0.15) is 5.82 Å². The van der Waals surface area contributed by atoms with Crippen LogP contribution in [0.5, 0.6) is 0 Å². The second-order valence-electron chi connectivity index (χ2n) is 6.05. The zero-order valence-electron chi connectivity index (χ0n) is 13.9. The van der Waals surface area contributed by atoms with Gasteiger partial charge in [-0.3, -0.25) is 4.79 Å². The second kappa shape index (κ2) is 6.93. The van der Waals surface area contributed by atoms with Gasteiger partial charge in [-0.25, -0.2) is 12.8 Å². The highest BCUT2D eigenvalue weighted by atomic mass is 32.2. The van der Waals surface area contributed by atoms with E-state index in [0.29, 0.717) is 6.54 Å². The molecule has 3 rings (SSSR count). The third-order valence-electron chi connectivity index (χ3n) is 4.27. The first-order chi connectivity index (χ1) is 11.9. The number of halogens is 1. The lowest BCUT2D eigenvalue weighted by Crippen LogP contribution is -2.41. The van der Waals surface area contributed by atoms with Gasteiger partial charge in [0.25, 0.3) is 0 Å². The summed E-state index contributed by atoms with van der Waals surface area (Å²) in [6, 6.07) is 13.5. The van der Waals surface area contributed by atoms with Gasteiger partial charge in [-0.15, -0.1) is 0 Å². The molecule has 25 heavy (non-hydrogen) atoms. The Kier molecular flexibility index (Phi) is 4.87. The van der Waals surface area contributed by atoms with E-state index in [1.54, 1.807) is 11.0 Å². The van der Waals surface area contributed by atoms with Gasteiger partial charge in [-0.1, -0.05) is 36.4 Å². The Morgan fingerprint density at radius 1 is 1.16 bits per heavy atom. The molecule has 0 saturated carbocycles. The maximum absolute atomic E-state index is 13.9. The number of carbonyl (C=O) groups excluding carboxylic acids is 1. The van der Waals surface area contributed by atoms with Crippen LogP contribution < -0.4 is 4.90 Å². The molecule has 132 valence electrons. The molecule has 7 heteroatoms. The van der Waals surface area contributed by atoms with Crippen molar-refractivity contribution >= 4 is 21.6 Å². The van der Waals surface area contributed by atoms with E-state index in [-0.39, 0.29) is 24.6 Å². The smallest absolute Gasteiger partial charge is 0.242 e. The number of carbonyl (C=O) groups is 1. The molecular formula is C18H19FN2O3S. The zero-order chi connectivity index (χ0) is 18.0. The number of anilines is 1. The summed E-state index contributed by atoms with van der Waals surface area (Å²) in [5.74, 6) is -0.804. The van der Waals surface area contributed by atoms with Crippen LogP contribution in [0, 0.1) is 5.82 Å². The van der Waals surface area contributed by atoms with Crippen LogP contribution in [-0.4, -0.2) is 38.0 Å². The van der Waals surface area contributed by atoms with E-state index >= 15 is 0 Å². The average Bonchev–Trinajstić information content (AvgIpc) is 2.99. The third-order valence-corrected chi connectivity index (χ3v) is 5.47. The summed E-state index contributed by atoms with van der Waals surface area (Å²) in [7, 11) is -3.66. The summed E-state index contributed by atoms with van der Waals surface area (Å²) < 4.78 is 39.0. The summed E-state index contributed by atoms with van der Waals surface area (Å²) >= 11 is 0. The standard InChI is InChI=1S/C18H19FN2O3S/c1-25(23,24)20(12-15-7-2-4-8-16(15)19)13-18(22)21-11-10-14-6-3-5-9-17(14)21/h2-9H,10-13H2,1H3. The predicted molar refractivity (Wildman–Crippen MR) is 94.2 cm³/mol. The van der Waals surface area contributed by atoms with Crippen LogP contribution in [-0.2, 0) is 27.8 Å². The molecule has 0 bridgehead atoms. The molecule has 0 aromatic heterocycles. The summed E-state index contributed by atoms with van der Waals surface area (Å²) in [5.41, 5.74) is 2.12. The van der Waals surface area contributed by atoms with Crippen molar-refractivity contribution in [2.75, 3.05) is 24.2 Å². The highest BCUT2D eigenvalue weighted by Crippen LogP contribution is 2.27. The topological polar surface area (TPSA) is 57.7 Å². The third kappa shape index (κ3) is 3.88. The van der Waals surface area contributed by atoms with Crippen molar-refractivity contribution in [3.8, 4) is 0 Å². The van der Waals surface area contributed by atoms with E-state index in [2.05, 4.69) is 0 Å². The summed E-state index contributed by atoms with van der Waals surface area (Å²) in [6.07, 6.45) is 1.77. The number of sulfonamides is 1. The van der Waals surface area contributed by atoms with Gasteiger partial charge >= 0.3 is 0 Å². The van der Waals surface area contributed by atoms with Crippen LogP contribution >= 0.6 is 0 Å². The van der Waals surface area contributed by atoms with Crippen molar-refractivity contribution in [3.05, 3.63) is 65.5 Å². The average molecular weight is 362 g/mol. The highest BCUT2D eigenvalue weighted by molar-refractivity contribution is 7.88. The molecule has 1 heterocycles. The molecule has 0 unspecified atom stereocenters. The first kappa shape index (κ1) is 17.6. The van der Waals surface area contributed by atoms with E-state index in [1.807, 2.05) is 24.3 Å². The van der Waals surface area contributed by atoms with Gasteiger partial charge in [-0.2, -0.15) is 4.31 Å². The highest BCUT2D eigenvalue weighted by Gasteiger charge is 2.28. The van der Waals surface area contributed by atoms with Crippen molar-refractivity contribution in [3.63, 3.8) is 0 Å². The Balaban J connectivity index is 1.80. The van der Waals surface area contributed by atoms with Gasteiger partial charge in [0.15, 0.2) is 0 Å². The Bertz CT molecular complexity index is 899. The van der Waals surface area contributed by atoms with Crippen molar-refractivity contribution in [1.29, 1.82) is 0 Å². The summed E-state index contributed by atoms with van der Waals surface area (Å²) in [5, 5.41) is 0. The fraction of sp³-hybridized carbons (Fsp3) is 0.278. The normalized spacial score (nSPS) is 14.0. The van der Waals surface area contributed by atoms with Crippen LogP contribution in [0.3, 0.4) is 0 Å². The molecule has 1 aliphatic rings. The van der Waals surface area contributed by atoms with Crippen LogP contribution in [0.25, 0.3) is 0 Å². The van der Waals surface area contributed by atoms with E-state index < -0.39 is 15.8 Å². The van der Waals surface area contributed by atoms with Gasteiger partial charge in [0, 0.05) is 24.3 Å².